The van der Waals surface area contributed by atoms with E-state index in [2.05, 4.69) is 36.0 Å². The van der Waals surface area contributed by atoms with Gasteiger partial charge >= 0.3 is 0 Å². The summed E-state index contributed by atoms with van der Waals surface area (Å²) in [6.45, 7) is 6.75. The normalized spacial score (nSPS) is 15.7. The number of alkyl halides is 1. The van der Waals surface area contributed by atoms with Gasteiger partial charge in [0.15, 0.2) is 5.65 Å². The molecular formula is C22H26FN7O. The van der Waals surface area contributed by atoms with Crippen molar-refractivity contribution in [2.45, 2.75) is 45.3 Å². The minimum Gasteiger partial charge on any atom is -0.381 e. The molecule has 0 bridgehead atoms. The van der Waals surface area contributed by atoms with Gasteiger partial charge < -0.3 is 14.6 Å². The standard InChI is InChI=1S/C22H26FN7O/c1-14-27-20-18(30(14)16-5-8-31-9-6-16)10-15(11-24-20)17-4-7-29-19(17)12-25-21(28-29)26-13-22(2,3)23/h4,7,10-12,16H,5-6,8-9,13H2,1-3H3,(H,26,28). The molecule has 8 nitrogen and oxygen atoms in total. The fourth-order valence-corrected chi connectivity index (χ4v) is 4.16. The van der Waals surface area contributed by atoms with Gasteiger partial charge in [-0.05, 0) is 45.7 Å². The summed E-state index contributed by atoms with van der Waals surface area (Å²) in [6, 6.07) is 4.51. The smallest absolute Gasteiger partial charge is 0.241 e. The number of halogens is 1. The number of fused-ring (bicyclic) bond motifs is 2. The van der Waals surface area contributed by atoms with E-state index < -0.39 is 5.67 Å². The summed E-state index contributed by atoms with van der Waals surface area (Å²) in [6.07, 6.45) is 7.43. The van der Waals surface area contributed by atoms with Crippen LogP contribution in [-0.2, 0) is 4.74 Å². The Balaban J connectivity index is 1.51. The molecule has 162 valence electrons. The van der Waals surface area contributed by atoms with Crippen LogP contribution in [-0.4, -0.2) is 54.6 Å². The van der Waals surface area contributed by atoms with Gasteiger partial charge in [-0.15, -0.1) is 5.10 Å². The van der Waals surface area contributed by atoms with Crippen LogP contribution >= 0.6 is 0 Å². The van der Waals surface area contributed by atoms with Crippen LogP contribution in [0.1, 0.15) is 38.6 Å². The lowest BCUT2D eigenvalue weighted by Crippen LogP contribution is -2.25. The molecule has 0 atom stereocenters. The molecule has 1 fully saturated rings. The number of pyridine rings is 1. The number of hydrogen-bond acceptors (Lipinski definition) is 6. The van der Waals surface area contributed by atoms with Gasteiger partial charge in [-0.3, -0.25) is 0 Å². The Morgan fingerprint density at radius 2 is 2.00 bits per heavy atom. The van der Waals surface area contributed by atoms with Crippen molar-refractivity contribution in [2.75, 3.05) is 25.1 Å². The molecule has 9 heteroatoms. The van der Waals surface area contributed by atoms with Crippen molar-refractivity contribution in [3.63, 3.8) is 0 Å². The average Bonchev–Trinajstić information content (AvgIpc) is 3.31. The number of imidazole rings is 1. The Hall–Kier alpha value is -3.07. The molecule has 1 N–H and O–H groups in total. The summed E-state index contributed by atoms with van der Waals surface area (Å²) >= 11 is 0. The van der Waals surface area contributed by atoms with E-state index in [4.69, 9.17) is 4.74 Å². The number of aromatic nitrogens is 6. The SMILES string of the molecule is Cc1nc2ncc(-c3ccn4nc(NCC(C)(C)F)ncc34)cc2n1C1CCOCC1. The highest BCUT2D eigenvalue weighted by Gasteiger charge is 2.21. The first-order valence-corrected chi connectivity index (χ1v) is 10.6. The minimum absolute atomic E-state index is 0.142. The molecule has 1 aliphatic rings. The van der Waals surface area contributed by atoms with Crippen molar-refractivity contribution in [1.29, 1.82) is 0 Å². The summed E-state index contributed by atoms with van der Waals surface area (Å²) in [5.74, 6) is 1.37. The maximum absolute atomic E-state index is 13.8. The van der Waals surface area contributed by atoms with Gasteiger partial charge in [0.2, 0.25) is 5.95 Å². The maximum Gasteiger partial charge on any atom is 0.241 e. The Morgan fingerprint density at radius 3 is 2.77 bits per heavy atom. The third kappa shape index (κ3) is 3.85. The summed E-state index contributed by atoms with van der Waals surface area (Å²) in [5, 5.41) is 7.40. The second-order valence-electron chi connectivity index (χ2n) is 8.65. The fourth-order valence-electron chi connectivity index (χ4n) is 4.16. The minimum atomic E-state index is -1.34. The monoisotopic (exact) mass is 423 g/mol. The third-order valence-electron chi connectivity index (χ3n) is 5.67. The predicted octanol–water partition coefficient (Wildman–Crippen LogP) is 3.96. The highest BCUT2D eigenvalue weighted by molar-refractivity contribution is 5.85. The highest BCUT2D eigenvalue weighted by atomic mass is 19.1. The maximum atomic E-state index is 13.8. The van der Waals surface area contributed by atoms with Gasteiger partial charge in [0, 0.05) is 42.8 Å². The first-order chi connectivity index (χ1) is 14.9. The summed E-state index contributed by atoms with van der Waals surface area (Å²) in [7, 11) is 0. The van der Waals surface area contributed by atoms with E-state index in [0.29, 0.717) is 12.0 Å². The average molecular weight is 423 g/mol. The Morgan fingerprint density at radius 1 is 1.19 bits per heavy atom. The number of nitrogens with zero attached hydrogens (tertiary/aromatic N) is 6. The van der Waals surface area contributed by atoms with Crippen molar-refractivity contribution >= 4 is 22.6 Å². The Bertz CT molecular complexity index is 1230. The van der Waals surface area contributed by atoms with Crippen LogP contribution in [0.4, 0.5) is 10.3 Å². The van der Waals surface area contributed by atoms with E-state index in [-0.39, 0.29) is 6.54 Å². The lowest BCUT2D eigenvalue weighted by Gasteiger charge is -2.25. The number of ether oxygens (including phenoxy) is 1. The number of rotatable bonds is 5. The van der Waals surface area contributed by atoms with Crippen molar-refractivity contribution in [1.82, 2.24) is 29.1 Å². The molecule has 0 unspecified atom stereocenters. The van der Waals surface area contributed by atoms with E-state index in [1.807, 2.05) is 25.4 Å². The zero-order valence-electron chi connectivity index (χ0n) is 18.0. The van der Waals surface area contributed by atoms with Gasteiger partial charge in [-0.2, -0.15) is 0 Å². The van der Waals surface area contributed by atoms with Gasteiger partial charge in [0.1, 0.15) is 11.5 Å². The first-order valence-electron chi connectivity index (χ1n) is 10.6. The summed E-state index contributed by atoms with van der Waals surface area (Å²) < 4.78 is 23.3. The molecule has 4 aromatic heterocycles. The summed E-state index contributed by atoms with van der Waals surface area (Å²) in [5.41, 5.74) is 3.28. The lowest BCUT2D eigenvalue weighted by atomic mass is 10.1. The quantitative estimate of drug-likeness (QED) is 0.523. The van der Waals surface area contributed by atoms with Crippen molar-refractivity contribution < 1.29 is 9.13 Å². The molecule has 0 amide bonds. The van der Waals surface area contributed by atoms with Gasteiger partial charge in [-0.1, -0.05) is 0 Å². The Kier molecular flexibility index (Phi) is 4.85. The Labute approximate surface area is 179 Å². The lowest BCUT2D eigenvalue weighted by molar-refractivity contribution is 0.0701. The molecule has 0 spiro atoms. The fraction of sp³-hybridized carbons (Fsp3) is 0.455. The second-order valence-corrected chi connectivity index (χ2v) is 8.65. The molecule has 31 heavy (non-hydrogen) atoms. The predicted molar refractivity (Wildman–Crippen MR) is 117 cm³/mol. The van der Waals surface area contributed by atoms with Crippen LogP contribution < -0.4 is 5.32 Å². The number of hydrogen-bond donors (Lipinski definition) is 1. The van der Waals surface area contributed by atoms with Crippen LogP contribution in [0.5, 0.6) is 0 Å². The van der Waals surface area contributed by atoms with Crippen molar-refractivity contribution in [3.05, 3.63) is 36.5 Å². The van der Waals surface area contributed by atoms with E-state index in [1.54, 1.807) is 10.7 Å². The van der Waals surface area contributed by atoms with E-state index >= 15 is 0 Å². The van der Waals surface area contributed by atoms with Gasteiger partial charge in [0.25, 0.3) is 0 Å². The van der Waals surface area contributed by atoms with Crippen molar-refractivity contribution in [3.8, 4) is 11.1 Å². The molecule has 0 radical (unpaired) electrons. The number of nitrogens with one attached hydrogen (secondary N) is 1. The van der Waals surface area contributed by atoms with Crippen LogP contribution in [0.15, 0.2) is 30.7 Å². The highest BCUT2D eigenvalue weighted by Crippen LogP contribution is 2.31. The molecule has 0 aliphatic carbocycles. The van der Waals surface area contributed by atoms with Gasteiger partial charge in [-0.25, -0.2) is 23.9 Å². The van der Waals surface area contributed by atoms with E-state index in [9.17, 15) is 4.39 Å². The molecular weight excluding hydrogens is 397 g/mol. The number of anilines is 1. The molecule has 1 aliphatic heterocycles. The topological polar surface area (TPSA) is 82.2 Å². The zero-order chi connectivity index (χ0) is 21.6. The van der Waals surface area contributed by atoms with Crippen LogP contribution in [0.25, 0.3) is 27.8 Å². The van der Waals surface area contributed by atoms with Gasteiger partial charge in [0.05, 0.1) is 23.8 Å². The van der Waals surface area contributed by atoms with Crippen LogP contribution in [0, 0.1) is 6.92 Å². The molecule has 0 aromatic carbocycles. The zero-order valence-corrected chi connectivity index (χ0v) is 18.0. The molecule has 4 aromatic rings. The third-order valence-corrected chi connectivity index (χ3v) is 5.67. The summed E-state index contributed by atoms with van der Waals surface area (Å²) in [4.78, 5) is 13.7. The van der Waals surface area contributed by atoms with Crippen LogP contribution in [0.3, 0.4) is 0 Å². The largest absolute Gasteiger partial charge is 0.381 e. The second kappa shape index (κ2) is 7.56. The first kappa shape index (κ1) is 19.9. The van der Waals surface area contributed by atoms with E-state index in [1.165, 1.54) is 13.8 Å². The molecule has 0 saturated carbocycles. The molecule has 5 heterocycles. The van der Waals surface area contributed by atoms with Crippen LogP contribution in [0.2, 0.25) is 0 Å². The molecule has 1 saturated heterocycles. The van der Waals surface area contributed by atoms with Crippen molar-refractivity contribution in [2.24, 2.45) is 0 Å². The van der Waals surface area contributed by atoms with E-state index in [0.717, 1.165) is 59.7 Å². The number of aryl methyl sites for hydroxylation is 1. The molecule has 5 rings (SSSR count).